The lowest BCUT2D eigenvalue weighted by atomic mass is 9.77. The summed E-state index contributed by atoms with van der Waals surface area (Å²) >= 11 is 5.91. The SMILES string of the molecule is O=C1CCCC2=C1C(c1ccc(F)cc1)CC(=O)N2c1ccc(Cl)cc1[N+](=O)[O-]. The topological polar surface area (TPSA) is 80.5 Å². The van der Waals surface area contributed by atoms with Crippen molar-refractivity contribution >= 4 is 34.7 Å². The largest absolute Gasteiger partial charge is 0.294 e. The number of nitrogens with zero attached hydrogens (tertiary/aromatic N) is 2. The van der Waals surface area contributed by atoms with Crippen molar-refractivity contribution in [1.29, 1.82) is 0 Å². The van der Waals surface area contributed by atoms with Gasteiger partial charge in [-0.25, -0.2) is 4.39 Å². The second kappa shape index (κ2) is 7.40. The van der Waals surface area contributed by atoms with E-state index in [0.717, 1.165) is 0 Å². The van der Waals surface area contributed by atoms with Gasteiger partial charge in [-0.3, -0.25) is 24.6 Å². The molecule has 0 saturated carbocycles. The van der Waals surface area contributed by atoms with Gasteiger partial charge in [0.1, 0.15) is 11.5 Å². The summed E-state index contributed by atoms with van der Waals surface area (Å²) < 4.78 is 13.3. The third-order valence-corrected chi connectivity index (χ3v) is 5.56. The van der Waals surface area contributed by atoms with Crippen LogP contribution in [-0.4, -0.2) is 16.6 Å². The molecule has 2 aromatic rings. The maximum absolute atomic E-state index is 13.3. The quantitative estimate of drug-likeness (QED) is 0.527. The third kappa shape index (κ3) is 3.42. The molecule has 0 N–H and O–H groups in total. The van der Waals surface area contributed by atoms with Gasteiger partial charge < -0.3 is 0 Å². The monoisotopic (exact) mass is 414 g/mol. The molecule has 2 aromatic carbocycles. The van der Waals surface area contributed by atoms with Crippen molar-refractivity contribution in [3.8, 4) is 0 Å². The molecule has 4 rings (SSSR count). The Balaban J connectivity index is 1.90. The van der Waals surface area contributed by atoms with Crippen molar-refractivity contribution in [2.45, 2.75) is 31.6 Å². The van der Waals surface area contributed by atoms with E-state index in [9.17, 15) is 24.1 Å². The predicted molar refractivity (Wildman–Crippen MR) is 105 cm³/mol. The first kappa shape index (κ1) is 19.3. The Morgan fingerprint density at radius 2 is 1.83 bits per heavy atom. The smallest absolute Gasteiger partial charge is 0.294 e. The standard InChI is InChI=1S/C21H16ClFN2O4/c22-13-6-9-16(18(10-13)25(28)29)24-17-2-1-3-19(26)21(17)15(11-20(24)27)12-4-7-14(23)8-5-12/h4-10,15H,1-3,11H2. The number of ketones is 1. The number of carbonyl (C=O) groups is 2. The number of benzene rings is 2. The zero-order chi connectivity index (χ0) is 20.7. The van der Waals surface area contributed by atoms with Gasteiger partial charge in [-0.05, 0) is 42.7 Å². The minimum absolute atomic E-state index is 0.0318. The van der Waals surface area contributed by atoms with Crippen LogP contribution >= 0.6 is 11.6 Å². The fourth-order valence-corrected chi connectivity index (χ4v) is 4.25. The van der Waals surface area contributed by atoms with Crippen molar-refractivity contribution in [1.82, 2.24) is 0 Å². The van der Waals surface area contributed by atoms with Crippen molar-refractivity contribution in [2.24, 2.45) is 0 Å². The summed E-state index contributed by atoms with van der Waals surface area (Å²) in [5.41, 5.74) is 1.44. The molecule has 8 heteroatoms. The molecule has 0 aromatic heterocycles. The van der Waals surface area contributed by atoms with Crippen LogP contribution in [0.25, 0.3) is 0 Å². The predicted octanol–water partition coefficient (Wildman–Crippen LogP) is 4.91. The minimum Gasteiger partial charge on any atom is -0.294 e. The molecule has 148 valence electrons. The highest BCUT2D eigenvalue weighted by Gasteiger charge is 2.41. The average molecular weight is 415 g/mol. The lowest BCUT2D eigenvalue weighted by molar-refractivity contribution is -0.384. The van der Waals surface area contributed by atoms with E-state index in [0.29, 0.717) is 36.1 Å². The summed E-state index contributed by atoms with van der Waals surface area (Å²) in [7, 11) is 0. The maximum atomic E-state index is 13.3. The molecule has 1 unspecified atom stereocenters. The highest BCUT2D eigenvalue weighted by Crippen LogP contribution is 2.45. The fraction of sp³-hybridized carbons (Fsp3) is 0.238. The van der Waals surface area contributed by atoms with Gasteiger partial charge >= 0.3 is 0 Å². The lowest BCUT2D eigenvalue weighted by Crippen LogP contribution is -2.40. The molecule has 29 heavy (non-hydrogen) atoms. The average Bonchev–Trinajstić information content (AvgIpc) is 2.68. The van der Waals surface area contributed by atoms with Gasteiger partial charge in [0.25, 0.3) is 5.69 Å². The van der Waals surface area contributed by atoms with Gasteiger partial charge in [-0.15, -0.1) is 0 Å². The minimum atomic E-state index is -0.592. The molecule has 0 bridgehead atoms. The van der Waals surface area contributed by atoms with Crippen LogP contribution in [0.15, 0.2) is 53.7 Å². The van der Waals surface area contributed by atoms with Crippen molar-refractivity contribution in [2.75, 3.05) is 4.90 Å². The Labute approximate surface area is 170 Å². The van der Waals surface area contributed by atoms with Crippen LogP contribution in [0.3, 0.4) is 0 Å². The van der Waals surface area contributed by atoms with Crippen LogP contribution in [0.2, 0.25) is 5.02 Å². The Kier molecular flexibility index (Phi) is 4.92. The Morgan fingerprint density at radius 3 is 2.52 bits per heavy atom. The number of rotatable bonds is 3. The van der Waals surface area contributed by atoms with E-state index in [1.54, 1.807) is 12.1 Å². The lowest BCUT2D eigenvalue weighted by Gasteiger charge is -2.38. The Hall–Kier alpha value is -3.06. The summed E-state index contributed by atoms with van der Waals surface area (Å²) in [4.78, 5) is 38.2. The molecule has 0 radical (unpaired) electrons. The zero-order valence-corrected chi connectivity index (χ0v) is 16.0. The molecule has 1 aliphatic heterocycles. The maximum Gasteiger partial charge on any atom is 0.294 e. The number of hydrogen-bond acceptors (Lipinski definition) is 4. The Bertz CT molecular complexity index is 1060. The number of nitro groups is 1. The molecule has 1 amide bonds. The van der Waals surface area contributed by atoms with E-state index >= 15 is 0 Å². The molecule has 1 aliphatic carbocycles. The molecule has 6 nitrogen and oxygen atoms in total. The van der Waals surface area contributed by atoms with Crippen LogP contribution in [0.1, 0.15) is 37.2 Å². The molecular formula is C21H16ClFN2O4. The van der Waals surface area contributed by atoms with E-state index < -0.39 is 16.7 Å². The molecule has 1 atom stereocenters. The van der Waals surface area contributed by atoms with Crippen LogP contribution < -0.4 is 4.90 Å². The summed E-state index contributed by atoms with van der Waals surface area (Å²) in [5, 5.41) is 11.7. The number of nitro benzene ring substituents is 1. The van der Waals surface area contributed by atoms with Crippen LogP contribution in [0.5, 0.6) is 0 Å². The fourth-order valence-electron chi connectivity index (χ4n) is 4.08. The highest BCUT2D eigenvalue weighted by atomic mass is 35.5. The van der Waals surface area contributed by atoms with Gasteiger partial charge in [0.05, 0.1) is 4.92 Å². The summed E-state index contributed by atoms with van der Waals surface area (Å²) in [6.45, 7) is 0. The molecule has 0 spiro atoms. The second-order valence-corrected chi connectivity index (χ2v) is 7.50. The van der Waals surface area contributed by atoms with E-state index in [-0.39, 0.29) is 34.5 Å². The molecule has 2 aliphatic rings. The number of allylic oxidation sites excluding steroid dienone is 2. The van der Waals surface area contributed by atoms with Gasteiger partial charge in [-0.1, -0.05) is 23.7 Å². The number of carbonyl (C=O) groups excluding carboxylic acids is 2. The Morgan fingerprint density at radius 1 is 1.10 bits per heavy atom. The number of hydrogen-bond donors (Lipinski definition) is 0. The summed E-state index contributed by atoms with van der Waals surface area (Å²) in [6.07, 6.45) is 1.32. The second-order valence-electron chi connectivity index (χ2n) is 7.06. The number of amides is 1. The van der Waals surface area contributed by atoms with Crippen molar-refractivity contribution in [3.05, 3.63) is 80.3 Å². The van der Waals surface area contributed by atoms with Crippen LogP contribution in [0.4, 0.5) is 15.8 Å². The first-order chi connectivity index (χ1) is 13.9. The van der Waals surface area contributed by atoms with Gasteiger partial charge in [0.15, 0.2) is 5.78 Å². The summed E-state index contributed by atoms with van der Waals surface area (Å²) in [5.74, 6) is -1.33. The molecule has 1 heterocycles. The first-order valence-corrected chi connectivity index (χ1v) is 9.53. The van der Waals surface area contributed by atoms with Crippen molar-refractivity contribution in [3.63, 3.8) is 0 Å². The van der Waals surface area contributed by atoms with E-state index in [1.807, 2.05) is 0 Å². The van der Waals surface area contributed by atoms with E-state index in [4.69, 9.17) is 11.6 Å². The van der Waals surface area contributed by atoms with Gasteiger partial charge in [-0.2, -0.15) is 0 Å². The van der Waals surface area contributed by atoms with E-state index in [1.165, 1.54) is 35.2 Å². The van der Waals surface area contributed by atoms with E-state index in [2.05, 4.69) is 0 Å². The van der Waals surface area contributed by atoms with Crippen LogP contribution in [-0.2, 0) is 9.59 Å². The molecule has 0 fully saturated rings. The molecular weight excluding hydrogens is 399 g/mol. The van der Waals surface area contributed by atoms with Crippen LogP contribution in [0, 0.1) is 15.9 Å². The summed E-state index contributed by atoms with van der Waals surface area (Å²) in [6, 6.07) is 9.84. The van der Waals surface area contributed by atoms with Gasteiger partial charge in [0, 0.05) is 41.1 Å². The first-order valence-electron chi connectivity index (χ1n) is 9.15. The number of Topliss-reactive ketones (excluding diaryl/α,β-unsaturated/α-hetero) is 1. The zero-order valence-electron chi connectivity index (χ0n) is 15.2. The normalized spacial score (nSPS) is 19.4. The van der Waals surface area contributed by atoms with Crippen molar-refractivity contribution < 1.29 is 18.9 Å². The molecule has 0 saturated heterocycles. The number of anilines is 1. The van der Waals surface area contributed by atoms with Gasteiger partial charge in [0.2, 0.25) is 5.91 Å². The highest BCUT2D eigenvalue weighted by molar-refractivity contribution is 6.31. The number of halogens is 2. The third-order valence-electron chi connectivity index (χ3n) is 5.32.